The summed E-state index contributed by atoms with van der Waals surface area (Å²) in [6.07, 6.45) is 5.61. The highest BCUT2D eigenvalue weighted by Gasteiger charge is 2.17. The first-order valence-corrected chi connectivity index (χ1v) is 5.32. The second kappa shape index (κ2) is 3.15. The van der Waals surface area contributed by atoms with Crippen molar-refractivity contribution in [2.75, 3.05) is 11.1 Å². The van der Waals surface area contributed by atoms with Gasteiger partial charge in [0.15, 0.2) is 0 Å². The number of anilines is 2. The van der Waals surface area contributed by atoms with E-state index in [9.17, 15) is 0 Å². The average molecular weight is 202 g/mol. The second-order valence-electron chi connectivity index (χ2n) is 4.17. The number of nitrogens with two attached hydrogens (primary N) is 1. The van der Waals surface area contributed by atoms with Crippen LogP contribution in [-0.4, -0.2) is 16.2 Å². The van der Waals surface area contributed by atoms with Crippen molar-refractivity contribution in [2.24, 2.45) is 0 Å². The molecule has 1 aromatic carbocycles. The van der Waals surface area contributed by atoms with Crippen molar-refractivity contribution in [1.82, 2.24) is 10.2 Å². The highest BCUT2D eigenvalue weighted by molar-refractivity contribution is 5.88. The predicted molar refractivity (Wildman–Crippen MR) is 61.8 cm³/mol. The summed E-state index contributed by atoms with van der Waals surface area (Å²) in [5.74, 6) is 0. The summed E-state index contributed by atoms with van der Waals surface area (Å²) in [4.78, 5) is 0. The molecule has 15 heavy (non-hydrogen) atoms. The molecule has 78 valence electrons. The number of rotatable bonds is 2. The molecule has 0 amide bonds. The van der Waals surface area contributed by atoms with E-state index < -0.39 is 0 Å². The van der Waals surface area contributed by atoms with Crippen molar-refractivity contribution >= 4 is 22.3 Å². The Kier molecular flexibility index (Phi) is 1.80. The van der Waals surface area contributed by atoms with Gasteiger partial charge in [0.25, 0.3) is 0 Å². The second-order valence-corrected chi connectivity index (χ2v) is 4.17. The number of nitrogens with zero attached hydrogens (tertiary/aromatic N) is 1. The summed E-state index contributed by atoms with van der Waals surface area (Å²) in [5.41, 5.74) is 8.83. The third kappa shape index (κ3) is 1.42. The van der Waals surface area contributed by atoms with Gasteiger partial charge in [0.05, 0.1) is 23.1 Å². The SMILES string of the molecule is Nc1cc2cn[nH]c2cc1NC1CCC1. The number of nitrogen functional groups attached to an aromatic ring is 1. The lowest BCUT2D eigenvalue weighted by atomic mass is 9.93. The minimum absolute atomic E-state index is 0.604. The van der Waals surface area contributed by atoms with E-state index in [0.717, 1.165) is 22.3 Å². The number of hydrogen-bond acceptors (Lipinski definition) is 3. The van der Waals surface area contributed by atoms with Gasteiger partial charge in [0, 0.05) is 11.4 Å². The van der Waals surface area contributed by atoms with Crippen molar-refractivity contribution in [3.05, 3.63) is 18.3 Å². The van der Waals surface area contributed by atoms with Crippen molar-refractivity contribution < 1.29 is 0 Å². The Bertz CT molecular complexity index is 484. The van der Waals surface area contributed by atoms with Gasteiger partial charge in [-0.2, -0.15) is 5.10 Å². The van der Waals surface area contributed by atoms with Crippen LogP contribution in [0.15, 0.2) is 18.3 Å². The van der Waals surface area contributed by atoms with E-state index in [1.807, 2.05) is 12.1 Å². The number of benzene rings is 1. The van der Waals surface area contributed by atoms with Crippen LogP contribution in [0.25, 0.3) is 10.9 Å². The Morgan fingerprint density at radius 1 is 1.40 bits per heavy atom. The van der Waals surface area contributed by atoms with Crippen molar-refractivity contribution in [2.45, 2.75) is 25.3 Å². The number of aromatic amines is 1. The maximum Gasteiger partial charge on any atom is 0.0672 e. The first-order chi connectivity index (χ1) is 7.33. The van der Waals surface area contributed by atoms with E-state index >= 15 is 0 Å². The van der Waals surface area contributed by atoms with Gasteiger partial charge in [-0.1, -0.05) is 0 Å². The van der Waals surface area contributed by atoms with Gasteiger partial charge >= 0.3 is 0 Å². The molecule has 2 aromatic rings. The monoisotopic (exact) mass is 202 g/mol. The number of nitrogens with one attached hydrogen (secondary N) is 2. The van der Waals surface area contributed by atoms with Gasteiger partial charge in [-0.3, -0.25) is 5.10 Å². The van der Waals surface area contributed by atoms with Crippen LogP contribution in [0.4, 0.5) is 11.4 Å². The first kappa shape index (κ1) is 8.59. The molecule has 1 aliphatic carbocycles. The normalized spacial score (nSPS) is 16.5. The third-order valence-corrected chi connectivity index (χ3v) is 3.08. The maximum atomic E-state index is 5.97. The number of hydrogen-bond donors (Lipinski definition) is 3. The molecule has 0 atom stereocenters. The molecule has 1 heterocycles. The fourth-order valence-electron chi connectivity index (χ4n) is 1.91. The van der Waals surface area contributed by atoms with E-state index in [1.165, 1.54) is 19.3 Å². The van der Waals surface area contributed by atoms with Crippen LogP contribution in [0.5, 0.6) is 0 Å². The maximum absolute atomic E-state index is 5.97. The minimum Gasteiger partial charge on any atom is -0.397 e. The van der Waals surface area contributed by atoms with Crippen LogP contribution in [0.1, 0.15) is 19.3 Å². The topological polar surface area (TPSA) is 66.7 Å². The smallest absolute Gasteiger partial charge is 0.0672 e. The van der Waals surface area contributed by atoms with E-state index in [0.29, 0.717) is 6.04 Å². The zero-order chi connectivity index (χ0) is 10.3. The predicted octanol–water partition coefficient (Wildman–Crippen LogP) is 2.11. The molecule has 0 bridgehead atoms. The zero-order valence-corrected chi connectivity index (χ0v) is 8.46. The molecular formula is C11H14N4. The number of H-pyrrole nitrogens is 1. The Balaban J connectivity index is 1.97. The highest BCUT2D eigenvalue weighted by atomic mass is 15.1. The third-order valence-electron chi connectivity index (χ3n) is 3.08. The molecule has 0 aliphatic heterocycles. The summed E-state index contributed by atoms with van der Waals surface area (Å²) in [5, 5.41) is 11.5. The lowest BCUT2D eigenvalue weighted by Crippen LogP contribution is -2.27. The molecule has 3 rings (SSSR count). The molecule has 1 aromatic heterocycles. The fourth-order valence-corrected chi connectivity index (χ4v) is 1.91. The lowest BCUT2D eigenvalue weighted by Gasteiger charge is -2.28. The molecule has 0 unspecified atom stereocenters. The van der Waals surface area contributed by atoms with E-state index in [4.69, 9.17) is 5.73 Å². The Morgan fingerprint density at radius 2 is 2.27 bits per heavy atom. The van der Waals surface area contributed by atoms with Gasteiger partial charge in [-0.05, 0) is 31.4 Å². The molecule has 0 radical (unpaired) electrons. The molecule has 1 saturated carbocycles. The van der Waals surface area contributed by atoms with Gasteiger partial charge in [-0.25, -0.2) is 0 Å². The molecule has 0 saturated heterocycles. The summed E-state index contributed by atoms with van der Waals surface area (Å²) < 4.78 is 0. The quantitative estimate of drug-likeness (QED) is 0.653. The molecule has 0 spiro atoms. The summed E-state index contributed by atoms with van der Waals surface area (Å²) in [7, 11) is 0. The van der Waals surface area contributed by atoms with E-state index in [-0.39, 0.29) is 0 Å². The van der Waals surface area contributed by atoms with Crippen LogP contribution in [0.3, 0.4) is 0 Å². The van der Waals surface area contributed by atoms with E-state index in [2.05, 4.69) is 15.5 Å². The van der Waals surface area contributed by atoms with Crippen LogP contribution in [-0.2, 0) is 0 Å². The van der Waals surface area contributed by atoms with Gasteiger partial charge in [0.2, 0.25) is 0 Å². The minimum atomic E-state index is 0.604. The molecular weight excluding hydrogens is 188 g/mol. The van der Waals surface area contributed by atoms with Crippen LogP contribution >= 0.6 is 0 Å². The Hall–Kier alpha value is -1.71. The van der Waals surface area contributed by atoms with E-state index in [1.54, 1.807) is 6.20 Å². The Labute approximate surface area is 87.9 Å². The summed E-state index contributed by atoms with van der Waals surface area (Å²) in [6, 6.07) is 4.60. The molecule has 1 aliphatic rings. The number of aromatic nitrogens is 2. The molecule has 4 N–H and O–H groups in total. The fraction of sp³-hybridized carbons (Fsp3) is 0.364. The van der Waals surface area contributed by atoms with Gasteiger partial charge in [-0.15, -0.1) is 0 Å². The first-order valence-electron chi connectivity index (χ1n) is 5.32. The molecule has 4 heteroatoms. The average Bonchev–Trinajstić information content (AvgIpc) is 2.58. The Morgan fingerprint density at radius 3 is 3.00 bits per heavy atom. The highest BCUT2D eigenvalue weighted by Crippen LogP contribution is 2.29. The van der Waals surface area contributed by atoms with Gasteiger partial charge in [0.1, 0.15) is 0 Å². The van der Waals surface area contributed by atoms with Crippen LogP contribution in [0, 0.1) is 0 Å². The van der Waals surface area contributed by atoms with Gasteiger partial charge < -0.3 is 11.1 Å². The number of fused-ring (bicyclic) bond motifs is 1. The molecule has 1 fully saturated rings. The van der Waals surface area contributed by atoms with Crippen molar-refractivity contribution in [3.8, 4) is 0 Å². The van der Waals surface area contributed by atoms with Crippen molar-refractivity contribution in [3.63, 3.8) is 0 Å². The zero-order valence-electron chi connectivity index (χ0n) is 8.46. The molecule has 4 nitrogen and oxygen atoms in total. The summed E-state index contributed by atoms with van der Waals surface area (Å²) in [6.45, 7) is 0. The van der Waals surface area contributed by atoms with Crippen LogP contribution in [0.2, 0.25) is 0 Å². The van der Waals surface area contributed by atoms with Crippen LogP contribution < -0.4 is 11.1 Å². The van der Waals surface area contributed by atoms with Crippen molar-refractivity contribution in [1.29, 1.82) is 0 Å². The largest absolute Gasteiger partial charge is 0.397 e. The summed E-state index contributed by atoms with van der Waals surface area (Å²) >= 11 is 0. The standard InChI is InChI=1S/C11H14N4/c12-9-4-7-6-13-15-10(7)5-11(9)14-8-2-1-3-8/h4-6,8,14H,1-3,12H2,(H,13,15). The lowest BCUT2D eigenvalue weighted by molar-refractivity contribution is 0.446.